The fraction of sp³-hybridized carbons (Fsp3) is 0.462. The molecule has 0 spiro atoms. The van der Waals surface area contributed by atoms with Crippen LogP contribution in [0.5, 0.6) is 0 Å². The van der Waals surface area contributed by atoms with Gasteiger partial charge in [-0.2, -0.15) is 0 Å². The SMILES string of the molecule is O=C(O)c1cccc(S(=O)CC2CCC(F)(F)C2)c1. The van der Waals surface area contributed by atoms with E-state index in [9.17, 15) is 17.8 Å². The molecule has 19 heavy (non-hydrogen) atoms. The van der Waals surface area contributed by atoms with Crippen LogP contribution in [0.3, 0.4) is 0 Å². The van der Waals surface area contributed by atoms with Crippen LogP contribution in [0, 0.1) is 5.92 Å². The van der Waals surface area contributed by atoms with Crippen molar-refractivity contribution in [3.8, 4) is 0 Å². The highest BCUT2D eigenvalue weighted by atomic mass is 32.2. The minimum absolute atomic E-state index is 0.0580. The third kappa shape index (κ3) is 3.59. The second kappa shape index (κ2) is 5.36. The molecule has 1 aromatic carbocycles. The third-order valence-electron chi connectivity index (χ3n) is 3.24. The minimum Gasteiger partial charge on any atom is -0.478 e. The van der Waals surface area contributed by atoms with Gasteiger partial charge in [-0.05, 0) is 30.5 Å². The minimum atomic E-state index is -2.64. The van der Waals surface area contributed by atoms with Gasteiger partial charge in [0.05, 0.1) is 16.4 Å². The van der Waals surface area contributed by atoms with Crippen LogP contribution in [0.25, 0.3) is 0 Å². The van der Waals surface area contributed by atoms with Crippen LogP contribution in [0.1, 0.15) is 29.6 Å². The smallest absolute Gasteiger partial charge is 0.335 e. The number of carboxylic acid groups (broad SMARTS) is 1. The summed E-state index contributed by atoms with van der Waals surface area (Å²) in [5.41, 5.74) is 0.0580. The summed E-state index contributed by atoms with van der Waals surface area (Å²) in [6, 6.07) is 5.83. The highest BCUT2D eigenvalue weighted by molar-refractivity contribution is 7.85. The predicted molar refractivity (Wildman–Crippen MR) is 67.0 cm³/mol. The third-order valence-corrected chi connectivity index (χ3v) is 4.79. The van der Waals surface area contributed by atoms with E-state index in [-0.39, 0.29) is 30.1 Å². The Bertz CT molecular complexity index is 516. The van der Waals surface area contributed by atoms with Gasteiger partial charge in [0.25, 0.3) is 0 Å². The van der Waals surface area contributed by atoms with E-state index in [1.54, 1.807) is 6.07 Å². The molecule has 1 aliphatic carbocycles. The molecule has 2 unspecified atom stereocenters. The van der Waals surface area contributed by atoms with Gasteiger partial charge in [0, 0.05) is 23.5 Å². The molecular weight excluding hydrogens is 274 g/mol. The van der Waals surface area contributed by atoms with Crippen molar-refractivity contribution >= 4 is 16.8 Å². The number of carbonyl (C=O) groups is 1. The van der Waals surface area contributed by atoms with E-state index in [0.717, 1.165) is 0 Å². The predicted octanol–water partition coefficient (Wildman–Crippen LogP) is 2.93. The van der Waals surface area contributed by atoms with Crippen molar-refractivity contribution in [1.29, 1.82) is 0 Å². The fourth-order valence-electron chi connectivity index (χ4n) is 2.27. The lowest BCUT2D eigenvalue weighted by Crippen LogP contribution is -2.13. The molecule has 1 aromatic rings. The Balaban J connectivity index is 2.04. The number of halogens is 2. The molecule has 1 aliphatic rings. The van der Waals surface area contributed by atoms with Crippen LogP contribution in [0.15, 0.2) is 29.2 Å². The molecule has 0 bridgehead atoms. The van der Waals surface area contributed by atoms with Gasteiger partial charge >= 0.3 is 5.97 Å². The molecule has 0 radical (unpaired) electrons. The molecule has 104 valence electrons. The number of aromatic carboxylic acids is 1. The summed E-state index contributed by atoms with van der Waals surface area (Å²) in [5.74, 6) is -3.83. The normalized spacial score (nSPS) is 23.2. The zero-order valence-electron chi connectivity index (χ0n) is 10.1. The van der Waals surface area contributed by atoms with E-state index < -0.39 is 22.7 Å². The first-order valence-electron chi connectivity index (χ1n) is 5.97. The molecule has 6 heteroatoms. The molecule has 2 rings (SSSR count). The van der Waals surface area contributed by atoms with Crippen molar-refractivity contribution in [1.82, 2.24) is 0 Å². The van der Waals surface area contributed by atoms with Crippen LogP contribution in [-0.4, -0.2) is 27.0 Å². The highest BCUT2D eigenvalue weighted by Crippen LogP contribution is 2.39. The number of benzene rings is 1. The van der Waals surface area contributed by atoms with E-state index in [0.29, 0.717) is 11.3 Å². The lowest BCUT2D eigenvalue weighted by Gasteiger charge is -2.10. The molecule has 0 amide bonds. The van der Waals surface area contributed by atoms with Crippen LogP contribution in [0.4, 0.5) is 8.78 Å². The summed E-state index contributed by atoms with van der Waals surface area (Å²) in [4.78, 5) is 11.2. The number of hydrogen-bond donors (Lipinski definition) is 1. The first-order chi connectivity index (χ1) is 8.87. The molecule has 0 aromatic heterocycles. The van der Waals surface area contributed by atoms with Crippen LogP contribution in [0.2, 0.25) is 0 Å². The number of alkyl halides is 2. The molecule has 1 saturated carbocycles. The van der Waals surface area contributed by atoms with Crippen molar-refractivity contribution in [2.24, 2.45) is 5.92 Å². The van der Waals surface area contributed by atoms with E-state index >= 15 is 0 Å². The molecule has 0 aliphatic heterocycles. The number of hydrogen-bond acceptors (Lipinski definition) is 2. The summed E-state index contributed by atoms with van der Waals surface area (Å²) < 4.78 is 38.1. The first-order valence-corrected chi connectivity index (χ1v) is 7.29. The van der Waals surface area contributed by atoms with Crippen LogP contribution in [-0.2, 0) is 10.8 Å². The molecule has 0 heterocycles. The van der Waals surface area contributed by atoms with Gasteiger partial charge in [-0.15, -0.1) is 0 Å². The largest absolute Gasteiger partial charge is 0.478 e. The van der Waals surface area contributed by atoms with Gasteiger partial charge in [-0.3, -0.25) is 4.21 Å². The van der Waals surface area contributed by atoms with Crippen molar-refractivity contribution in [3.63, 3.8) is 0 Å². The average Bonchev–Trinajstić information content (AvgIpc) is 2.68. The number of carboxylic acids is 1. The van der Waals surface area contributed by atoms with Crippen molar-refractivity contribution < 1.29 is 22.9 Å². The van der Waals surface area contributed by atoms with Crippen LogP contribution < -0.4 is 0 Å². The fourth-order valence-corrected chi connectivity index (χ4v) is 3.66. The van der Waals surface area contributed by atoms with E-state index in [1.807, 2.05) is 0 Å². The second-order valence-corrected chi connectivity index (χ2v) is 6.31. The first kappa shape index (κ1) is 14.1. The molecular formula is C13H14F2O3S. The maximum Gasteiger partial charge on any atom is 0.335 e. The maximum atomic E-state index is 13.0. The Morgan fingerprint density at radius 1 is 1.47 bits per heavy atom. The standard InChI is InChI=1S/C13H14F2O3S/c14-13(15)5-4-9(7-13)8-19(18)11-3-1-2-10(6-11)12(16)17/h1-3,6,9H,4-5,7-8H2,(H,16,17). The molecule has 1 fully saturated rings. The lowest BCUT2D eigenvalue weighted by atomic mass is 10.1. The quantitative estimate of drug-likeness (QED) is 0.926. The second-order valence-electron chi connectivity index (χ2n) is 4.81. The molecule has 2 atom stereocenters. The van der Waals surface area contributed by atoms with Gasteiger partial charge in [0.15, 0.2) is 0 Å². The summed E-state index contributed by atoms with van der Waals surface area (Å²) in [6.07, 6.45) is -0.00124. The Morgan fingerprint density at radius 2 is 2.21 bits per heavy atom. The molecule has 3 nitrogen and oxygen atoms in total. The van der Waals surface area contributed by atoms with Gasteiger partial charge < -0.3 is 5.11 Å². The van der Waals surface area contributed by atoms with Crippen molar-refractivity contribution in [2.75, 3.05) is 5.75 Å². The van der Waals surface area contributed by atoms with E-state index in [1.165, 1.54) is 18.2 Å². The van der Waals surface area contributed by atoms with Gasteiger partial charge in [-0.25, -0.2) is 13.6 Å². The Hall–Kier alpha value is -1.30. The van der Waals surface area contributed by atoms with Crippen molar-refractivity contribution in [3.05, 3.63) is 29.8 Å². The Kier molecular flexibility index (Phi) is 3.99. The highest BCUT2D eigenvalue weighted by Gasteiger charge is 2.39. The Morgan fingerprint density at radius 3 is 2.79 bits per heavy atom. The average molecular weight is 288 g/mol. The summed E-state index contributed by atoms with van der Waals surface area (Å²) in [5, 5.41) is 8.85. The monoisotopic (exact) mass is 288 g/mol. The number of rotatable bonds is 4. The molecule has 1 N–H and O–H groups in total. The molecule has 0 saturated heterocycles. The van der Waals surface area contributed by atoms with Gasteiger partial charge in [0.1, 0.15) is 0 Å². The zero-order valence-corrected chi connectivity index (χ0v) is 11.0. The topological polar surface area (TPSA) is 54.4 Å². The summed E-state index contributed by atoms with van der Waals surface area (Å²) in [6.45, 7) is 0. The van der Waals surface area contributed by atoms with E-state index in [2.05, 4.69) is 0 Å². The van der Waals surface area contributed by atoms with Gasteiger partial charge in [-0.1, -0.05) is 6.07 Å². The van der Waals surface area contributed by atoms with E-state index in [4.69, 9.17) is 5.11 Å². The maximum absolute atomic E-state index is 13.0. The summed E-state index contributed by atoms with van der Waals surface area (Å²) in [7, 11) is -1.43. The van der Waals surface area contributed by atoms with Crippen LogP contribution >= 0.6 is 0 Å². The zero-order chi connectivity index (χ0) is 14.0. The summed E-state index contributed by atoms with van der Waals surface area (Å²) >= 11 is 0. The Labute approximate surface area is 112 Å². The van der Waals surface area contributed by atoms with Crippen molar-refractivity contribution in [2.45, 2.75) is 30.1 Å². The van der Waals surface area contributed by atoms with Gasteiger partial charge in [0.2, 0.25) is 5.92 Å². The lowest BCUT2D eigenvalue weighted by molar-refractivity contribution is 0.00593.